The molecule has 1 rings (SSSR count). The molecular weight excluding hydrogens is 220 g/mol. The molecule has 0 bridgehead atoms. The van der Waals surface area contributed by atoms with Crippen molar-refractivity contribution < 1.29 is 19.4 Å². The fourth-order valence-electron chi connectivity index (χ4n) is 1.47. The SMILES string of the molecule is CCC(OCc1ccccc1)C(=O)CC(=O)O. The maximum Gasteiger partial charge on any atom is 0.310 e. The highest BCUT2D eigenvalue weighted by molar-refractivity contribution is 5.97. The molecule has 0 spiro atoms. The Morgan fingerprint density at radius 1 is 1.29 bits per heavy atom. The van der Waals surface area contributed by atoms with Crippen LogP contribution in [-0.4, -0.2) is 23.0 Å². The minimum Gasteiger partial charge on any atom is -0.481 e. The minimum atomic E-state index is -1.11. The third kappa shape index (κ3) is 4.78. The van der Waals surface area contributed by atoms with Crippen LogP contribution in [0.4, 0.5) is 0 Å². The van der Waals surface area contributed by atoms with E-state index >= 15 is 0 Å². The summed E-state index contributed by atoms with van der Waals surface area (Å²) in [6, 6.07) is 9.47. The van der Waals surface area contributed by atoms with E-state index in [0.29, 0.717) is 13.0 Å². The third-order valence-corrected chi connectivity index (χ3v) is 2.35. The van der Waals surface area contributed by atoms with Crippen LogP contribution < -0.4 is 0 Å². The van der Waals surface area contributed by atoms with Crippen LogP contribution in [0.2, 0.25) is 0 Å². The largest absolute Gasteiger partial charge is 0.481 e. The predicted octanol–water partition coefficient (Wildman–Crippen LogP) is 2.03. The van der Waals surface area contributed by atoms with Gasteiger partial charge in [0.05, 0.1) is 6.61 Å². The lowest BCUT2D eigenvalue weighted by atomic mass is 10.1. The van der Waals surface area contributed by atoms with E-state index < -0.39 is 18.5 Å². The van der Waals surface area contributed by atoms with E-state index in [2.05, 4.69) is 0 Å². The van der Waals surface area contributed by atoms with Crippen molar-refractivity contribution in [1.29, 1.82) is 0 Å². The standard InChI is InChI=1S/C13H16O4/c1-2-12(11(14)8-13(15)16)17-9-10-6-4-3-5-7-10/h3-7,12H,2,8-9H2,1H3,(H,15,16). The zero-order valence-corrected chi connectivity index (χ0v) is 9.76. The van der Waals surface area contributed by atoms with Crippen molar-refractivity contribution in [3.05, 3.63) is 35.9 Å². The monoisotopic (exact) mass is 236 g/mol. The quantitative estimate of drug-likeness (QED) is 0.736. The summed E-state index contributed by atoms with van der Waals surface area (Å²) < 4.78 is 5.43. The molecule has 0 radical (unpaired) electrons. The molecule has 0 aromatic heterocycles. The van der Waals surface area contributed by atoms with Crippen molar-refractivity contribution in [1.82, 2.24) is 0 Å². The number of ether oxygens (including phenoxy) is 1. The Kier molecular flexibility index (Phi) is 5.36. The summed E-state index contributed by atoms with van der Waals surface area (Å²) in [7, 11) is 0. The van der Waals surface area contributed by atoms with E-state index in [9.17, 15) is 9.59 Å². The molecule has 0 fully saturated rings. The van der Waals surface area contributed by atoms with Gasteiger partial charge in [0.25, 0.3) is 0 Å². The number of hydrogen-bond donors (Lipinski definition) is 1. The van der Waals surface area contributed by atoms with Crippen molar-refractivity contribution in [2.45, 2.75) is 32.5 Å². The molecule has 92 valence electrons. The van der Waals surface area contributed by atoms with Gasteiger partial charge in [-0.15, -0.1) is 0 Å². The zero-order chi connectivity index (χ0) is 12.7. The van der Waals surface area contributed by atoms with Crippen LogP contribution in [0, 0.1) is 0 Å². The van der Waals surface area contributed by atoms with Crippen LogP contribution in [0.25, 0.3) is 0 Å². The summed E-state index contributed by atoms with van der Waals surface area (Å²) >= 11 is 0. The molecular formula is C13H16O4. The van der Waals surface area contributed by atoms with Crippen LogP contribution >= 0.6 is 0 Å². The van der Waals surface area contributed by atoms with Gasteiger partial charge in [-0.05, 0) is 12.0 Å². The van der Waals surface area contributed by atoms with Crippen LogP contribution in [0.1, 0.15) is 25.3 Å². The maximum absolute atomic E-state index is 11.5. The number of rotatable bonds is 7. The molecule has 0 aliphatic rings. The minimum absolute atomic E-state index is 0.324. The lowest BCUT2D eigenvalue weighted by molar-refractivity contribution is -0.144. The molecule has 0 aliphatic carbocycles. The molecule has 1 N–H and O–H groups in total. The number of benzene rings is 1. The normalized spacial score (nSPS) is 12.1. The molecule has 1 atom stereocenters. The number of carbonyl (C=O) groups excluding carboxylic acids is 1. The fourth-order valence-corrected chi connectivity index (χ4v) is 1.47. The number of aliphatic carboxylic acids is 1. The van der Waals surface area contributed by atoms with Crippen molar-refractivity contribution in [2.24, 2.45) is 0 Å². The molecule has 4 heteroatoms. The van der Waals surface area contributed by atoms with Gasteiger partial charge >= 0.3 is 5.97 Å². The molecule has 4 nitrogen and oxygen atoms in total. The molecule has 0 saturated carbocycles. The Labute approximate surface area is 100 Å². The van der Waals surface area contributed by atoms with Crippen molar-refractivity contribution in [3.8, 4) is 0 Å². The second-order valence-corrected chi connectivity index (χ2v) is 3.73. The van der Waals surface area contributed by atoms with Gasteiger partial charge in [-0.25, -0.2) is 0 Å². The van der Waals surface area contributed by atoms with Gasteiger partial charge in [0.1, 0.15) is 12.5 Å². The van der Waals surface area contributed by atoms with Gasteiger partial charge in [0.2, 0.25) is 0 Å². The average molecular weight is 236 g/mol. The van der Waals surface area contributed by atoms with E-state index in [-0.39, 0.29) is 5.78 Å². The summed E-state index contributed by atoms with van der Waals surface area (Å²) in [4.78, 5) is 21.9. The number of hydrogen-bond acceptors (Lipinski definition) is 3. The first-order valence-electron chi connectivity index (χ1n) is 5.53. The highest BCUT2D eigenvalue weighted by Crippen LogP contribution is 2.08. The summed E-state index contributed by atoms with van der Waals surface area (Å²) in [6.07, 6.45) is -0.627. The van der Waals surface area contributed by atoms with Gasteiger partial charge < -0.3 is 9.84 Å². The average Bonchev–Trinajstić information content (AvgIpc) is 2.30. The van der Waals surface area contributed by atoms with Gasteiger partial charge in [0.15, 0.2) is 5.78 Å². The van der Waals surface area contributed by atoms with Crippen molar-refractivity contribution in [3.63, 3.8) is 0 Å². The second-order valence-electron chi connectivity index (χ2n) is 3.73. The smallest absolute Gasteiger partial charge is 0.310 e. The Morgan fingerprint density at radius 2 is 1.94 bits per heavy atom. The third-order valence-electron chi connectivity index (χ3n) is 2.35. The van der Waals surface area contributed by atoms with Gasteiger partial charge in [-0.2, -0.15) is 0 Å². The van der Waals surface area contributed by atoms with Crippen molar-refractivity contribution >= 4 is 11.8 Å². The molecule has 0 aliphatic heterocycles. The molecule has 1 aromatic rings. The first kappa shape index (κ1) is 13.4. The van der Waals surface area contributed by atoms with E-state index in [0.717, 1.165) is 5.56 Å². The van der Waals surface area contributed by atoms with E-state index in [1.807, 2.05) is 30.3 Å². The molecule has 0 heterocycles. The first-order chi connectivity index (χ1) is 8.13. The molecule has 1 unspecified atom stereocenters. The van der Waals surface area contributed by atoms with Crippen LogP contribution in [0.5, 0.6) is 0 Å². The second kappa shape index (κ2) is 6.81. The lowest BCUT2D eigenvalue weighted by Crippen LogP contribution is -2.25. The molecule has 1 aromatic carbocycles. The Morgan fingerprint density at radius 3 is 2.47 bits per heavy atom. The fraction of sp³-hybridized carbons (Fsp3) is 0.385. The molecule has 17 heavy (non-hydrogen) atoms. The van der Waals surface area contributed by atoms with Gasteiger partial charge in [-0.1, -0.05) is 37.3 Å². The Bertz CT molecular complexity index is 372. The summed E-state index contributed by atoms with van der Waals surface area (Å²) in [5.41, 5.74) is 0.967. The van der Waals surface area contributed by atoms with Crippen LogP contribution in [0.3, 0.4) is 0 Å². The molecule has 0 amide bonds. The predicted molar refractivity (Wildman–Crippen MR) is 62.6 cm³/mol. The zero-order valence-electron chi connectivity index (χ0n) is 9.76. The van der Waals surface area contributed by atoms with Crippen LogP contribution in [-0.2, 0) is 20.9 Å². The molecule has 0 saturated heterocycles. The van der Waals surface area contributed by atoms with Gasteiger partial charge in [0, 0.05) is 0 Å². The number of carbonyl (C=O) groups is 2. The number of carboxylic acid groups (broad SMARTS) is 1. The summed E-state index contributed by atoms with van der Waals surface area (Å²) in [5, 5.41) is 8.54. The maximum atomic E-state index is 11.5. The van der Waals surface area contributed by atoms with Gasteiger partial charge in [-0.3, -0.25) is 9.59 Å². The highest BCUT2D eigenvalue weighted by Gasteiger charge is 2.19. The first-order valence-corrected chi connectivity index (χ1v) is 5.53. The number of Topliss-reactive ketones (excluding diaryl/α,β-unsaturated/α-hetero) is 1. The highest BCUT2D eigenvalue weighted by atomic mass is 16.5. The lowest BCUT2D eigenvalue weighted by Gasteiger charge is -2.13. The van der Waals surface area contributed by atoms with E-state index in [1.165, 1.54) is 0 Å². The van der Waals surface area contributed by atoms with Crippen molar-refractivity contribution in [2.75, 3.05) is 0 Å². The van der Waals surface area contributed by atoms with Crippen LogP contribution in [0.15, 0.2) is 30.3 Å². The number of ketones is 1. The Hall–Kier alpha value is -1.68. The summed E-state index contributed by atoms with van der Waals surface area (Å²) in [6.45, 7) is 2.13. The Balaban J connectivity index is 2.47. The summed E-state index contributed by atoms with van der Waals surface area (Å²) in [5.74, 6) is -1.49. The number of carboxylic acids is 1. The topological polar surface area (TPSA) is 63.6 Å². The van der Waals surface area contributed by atoms with E-state index in [1.54, 1.807) is 6.92 Å². The van der Waals surface area contributed by atoms with E-state index in [4.69, 9.17) is 9.84 Å².